The van der Waals surface area contributed by atoms with Gasteiger partial charge in [0, 0.05) is 24.5 Å². The number of nitrogens with zero attached hydrogens (tertiary/aromatic N) is 2. The Morgan fingerprint density at radius 2 is 2.32 bits per heavy atom. The summed E-state index contributed by atoms with van der Waals surface area (Å²) in [5, 5.41) is 3.18. The minimum atomic E-state index is -0.153. The van der Waals surface area contributed by atoms with E-state index in [9.17, 15) is 4.79 Å². The van der Waals surface area contributed by atoms with Gasteiger partial charge in [-0.25, -0.2) is 4.98 Å². The van der Waals surface area contributed by atoms with Crippen LogP contribution in [-0.4, -0.2) is 15.5 Å². The Labute approximate surface area is 116 Å². The molecule has 1 aromatic heterocycles. The van der Waals surface area contributed by atoms with Crippen molar-refractivity contribution in [2.45, 2.75) is 19.9 Å². The fourth-order valence-electron chi connectivity index (χ4n) is 1.78. The number of rotatable bonds is 4. The Hall–Kier alpha value is -2.01. The lowest BCUT2D eigenvalue weighted by molar-refractivity contribution is -0.116. The first kappa shape index (κ1) is 13.4. The monoisotopic (exact) mass is 278 g/mol. The summed E-state index contributed by atoms with van der Waals surface area (Å²) in [7, 11) is 0. The number of nitrogens with two attached hydrogens (primary N) is 1. The predicted molar refractivity (Wildman–Crippen MR) is 76.1 cm³/mol. The molecule has 1 aromatic carbocycles. The summed E-state index contributed by atoms with van der Waals surface area (Å²) in [5.74, 6) is 0.720. The average Bonchev–Trinajstić information content (AvgIpc) is 2.80. The van der Waals surface area contributed by atoms with Crippen molar-refractivity contribution in [1.82, 2.24) is 9.55 Å². The molecule has 0 aliphatic rings. The molecule has 19 heavy (non-hydrogen) atoms. The quantitative estimate of drug-likeness (QED) is 0.843. The molecule has 0 spiro atoms. The molecule has 100 valence electrons. The third-order valence-electron chi connectivity index (χ3n) is 2.70. The van der Waals surface area contributed by atoms with Crippen LogP contribution in [0.5, 0.6) is 0 Å². The van der Waals surface area contributed by atoms with E-state index < -0.39 is 0 Å². The summed E-state index contributed by atoms with van der Waals surface area (Å²) >= 11 is 6.00. The van der Waals surface area contributed by atoms with E-state index in [-0.39, 0.29) is 12.5 Å². The largest absolute Gasteiger partial charge is 0.399 e. The van der Waals surface area contributed by atoms with Gasteiger partial charge in [0.05, 0.1) is 10.7 Å². The van der Waals surface area contributed by atoms with Crippen LogP contribution in [-0.2, 0) is 17.8 Å². The van der Waals surface area contributed by atoms with Crippen LogP contribution in [0.4, 0.5) is 11.4 Å². The number of nitrogen functional groups attached to an aromatic ring is 1. The number of amides is 1. The molecule has 3 N–H and O–H groups in total. The predicted octanol–water partition coefficient (Wildman–Crippen LogP) is 2.32. The third-order valence-corrected chi connectivity index (χ3v) is 3.01. The number of hydrogen-bond acceptors (Lipinski definition) is 3. The van der Waals surface area contributed by atoms with Crippen molar-refractivity contribution in [3.05, 3.63) is 41.4 Å². The second-order valence-corrected chi connectivity index (χ2v) is 4.52. The average molecular weight is 279 g/mol. The lowest BCUT2D eigenvalue weighted by Gasteiger charge is -2.09. The zero-order chi connectivity index (χ0) is 13.8. The molecule has 0 aliphatic heterocycles. The van der Waals surface area contributed by atoms with Gasteiger partial charge < -0.3 is 15.6 Å². The van der Waals surface area contributed by atoms with Crippen molar-refractivity contribution in [1.29, 1.82) is 0 Å². The Morgan fingerprint density at radius 3 is 3.00 bits per heavy atom. The lowest BCUT2D eigenvalue weighted by Crippen LogP contribution is -2.19. The topological polar surface area (TPSA) is 72.9 Å². The molecular formula is C13H15ClN4O. The molecule has 0 saturated carbocycles. The number of aromatic nitrogens is 2. The summed E-state index contributed by atoms with van der Waals surface area (Å²) < 4.78 is 1.81. The molecule has 0 bridgehead atoms. The second kappa shape index (κ2) is 5.75. The smallest absolute Gasteiger partial charge is 0.244 e. The van der Waals surface area contributed by atoms with E-state index in [1.807, 2.05) is 6.92 Å². The molecule has 5 nitrogen and oxygen atoms in total. The van der Waals surface area contributed by atoms with Gasteiger partial charge in [-0.3, -0.25) is 4.79 Å². The van der Waals surface area contributed by atoms with Gasteiger partial charge in [-0.15, -0.1) is 0 Å². The van der Waals surface area contributed by atoms with Crippen molar-refractivity contribution in [2.75, 3.05) is 11.1 Å². The maximum absolute atomic E-state index is 11.9. The van der Waals surface area contributed by atoms with Crippen LogP contribution in [0.3, 0.4) is 0 Å². The lowest BCUT2D eigenvalue weighted by atomic mass is 10.3. The summed E-state index contributed by atoms with van der Waals surface area (Å²) in [5.41, 5.74) is 6.71. The first-order valence-electron chi connectivity index (χ1n) is 5.95. The molecule has 6 heteroatoms. The highest BCUT2D eigenvalue weighted by atomic mass is 35.5. The molecule has 0 fully saturated rings. The van der Waals surface area contributed by atoms with Gasteiger partial charge in [0.25, 0.3) is 0 Å². The van der Waals surface area contributed by atoms with Gasteiger partial charge in [-0.05, 0) is 18.2 Å². The highest BCUT2D eigenvalue weighted by Crippen LogP contribution is 2.23. The van der Waals surface area contributed by atoms with Crippen LogP contribution in [0.1, 0.15) is 12.7 Å². The molecule has 0 aliphatic carbocycles. The van der Waals surface area contributed by atoms with Gasteiger partial charge in [-0.1, -0.05) is 18.5 Å². The van der Waals surface area contributed by atoms with E-state index in [2.05, 4.69) is 10.3 Å². The van der Waals surface area contributed by atoms with Crippen molar-refractivity contribution >= 4 is 28.9 Å². The number of carbonyl (C=O) groups is 1. The number of imidazole rings is 1. The van der Waals surface area contributed by atoms with E-state index >= 15 is 0 Å². The molecule has 0 unspecified atom stereocenters. The van der Waals surface area contributed by atoms with Crippen molar-refractivity contribution < 1.29 is 4.79 Å². The van der Waals surface area contributed by atoms with Gasteiger partial charge in [0.15, 0.2) is 0 Å². The standard InChI is InChI=1S/C13H15ClN4O/c1-2-12-16-5-6-18(12)8-13(19)17-11-4-3-9(15)7-10(11)14/h3-7H,2,8,15H2,1H3,(H,17,19). The number of carbonyl (C=O) groups excluding carboxylic acids is 1. The van der Waals surface area contributed by atoms with E-state index in [1.54, 1.807) is 35.2 Å². The molecule has 2 rings (SSSR count). The summed E-state index contributed by atoms with van der Waals surface area (Å²) in [6, 6.07) is 4.98. The fraction of sp³-hybridized carbons (Fsp3) is 0.231. The van der Waals surface area contributed by atoms with Gasteiger partial charge >= 0.3 is 0 Å². The van der Waals surface area contributed by atoms with E-state index in [4.69, 9.17) is 17.3 Å². The van der Waals surface area contributed by atoms with Crippen LogP contribution in [0.2, 0.25) is 5.02 Å². The highest BCUT2D eigenvalue weighted by molar-refractivity contribution is 6.34. The minimum Gasteiger partial charge on any atom is -0.399 e. The molecule has 1 amide bonds. The highest BCUT2D eigenvalue weighted by Gasteiger charge is 2.09. The first-order chi connectivity index (χ1) is 9.10. The van der Waals surface area contributed by atoms with Crippen molar-refractivity contribution in [3.8, 4) is 0 Å². The molecule has 2 aromatic rings. The molecule has 1 heterocycles. The van der Waals surface area contributed by atoms with Crippen LogP contribution >= 0.6 is 11.6 Å². The maximum Gasteiger partial charge on any atom is 0.244 e. The maximum atomic E-state index is 11.9. The fourth-order valence-corrected chi connectivity index (χ4v) is 2.01. The van der Waals surface area contributed by atoms with Crippen LogP contribution in [0, 0.1) is 0 Å². The third kappa shape index (κ3) is 3.26. The van der Waals surface area contributed by atoms with Crippen LogP contribution in [0.15, 0.2) is 30.6 Å². The summed E-state index contributed by atoms with van der Waals surface area (Å²) in [6.45, 7) is 2.21. The number of hydrogen-bond donors (Lipinski definition) is 2. The van der Waals surface area contributed by atoms with E-state index in [0.717, 1.165) is 12.2 Å². The normalized spacial score (nSPS) is 10.4. The molecule has 0 atom stereocenters. The molecule has 0 radical (unpaired) electrons. The van der Waals surface area contributed by atoms with Gasteiger partial charge in [-0.2, -0.15) is 0 Å². The number of anilines is 2. The minimum absolute atomic E-state index is 0.153. The summed E-state index contributed by atoms with van der Waals surface area (Å²) in [6.07, 6.45) is 4.24. The van der Waals surface area contributed by atoms with Gasteiger partial charge in [0.1, 0.15) is 12.4 Å². The summed E-state index contributed by atoms with van der Waals surface area (Å²) in [4.78, 5) is 16.1. The van der Waals surface area contributed by atoms with Crippen LogP contribution in [0.25, 0.3) is 0 Å². The number of aryl methyl sites for hydroxylation is 1. The Bertz CT molecular complexity index is 594. The zero-order valence-corrected chi connectivity index (χ0v) is 11.3. The van der Waals surface area contributed by atoms with E-state index in [0.29, 0.717) is 16.4 Å². The number of nitrogens with one attached hydrogen (secondary N) is 1. The number of benzene rings is 1. The Kier molecular flexibility index (Phi) is 4.06. The Morgan fingerprint density at radius 1 is 1.53 bits per heavy atom. The second-order valence-electron chi connectivity index (χ2n) is 4.11. The molecular weight excluding hydrogens is 264 g/mol. The van der Waals surface area contributed by atoms with E-state index in [1.165, 1.54) is 0 Å². The van der Waals surface area contributed by atoms with Gasteiger partial charge in [0.2, 0.25) is 5.91 Å². The first-order valence-corrected chi connectivity index (χ1v) is 6.33. The zero-order valence-electron chi connectivity index (χ0n) is 10.6. The molecule has 0 saturated heterocycles. The van der Waals surface area contributed by atoms with Crippen LogP contribution < -0.4 is 11.1 Å². The SMILES string of the molecule is CCc1nccn1CC(=O)Nc1ccc(N)cc1Cl. The number of halogens is 1. The van der Waals surface area contributed by atoms with Crippen molar-refractivity contribution in [3.63, 3.8) is 0 Å². The van der Waals surface area contributed by atoms with Crippen molar-refractivity contribution in [2.24, 2.45) is 0 Å². The Balaban J connectivity index is 2.05.